The van der Waals surface area contributed by atoms with Crippen molar-refractivity contribution in [3.05, 3.63) is 48.3 Å². The van der Waals surface area contributed by atoms with Gasteiger partial charge in [0, 0.05) is 18.9 Å². The molecule has 2 heterocycles. The molecule has 0 bridgehead atoms. The predicted octanol–water partition coefficient (Wildman–Crippen LogP) is 2.07. The van der Waals surface area contributed by atoms with Crippen LogP contribution in [0.2, 0.25) is 0 Å². The van der Waals surface area contributed by atoms with Gasteiger partial charge in [0.05, 0.1) is 24.3 Å². The zero-order valence-electron chi connectivity index (χ0n) is 11.0. The van der Waals surface area contributed by atoms with Crippen LogP contribution >= 0.6 is 0 Å². The summed E-state index contributed by atoms with van der Waals surface area (Å²) in [6.45, 7) is 7.03. The zero-order valence-corrected chi connectivity index (χ0v) is 11.0. The summed E-state index contributed by atoms with van der Waals surface area (Å²) in [5.41, 5.74) is 2.13. The van der Waals surface area contributed by atoms with E-state index < -0.39 is 0 Å². The molecule has 1 N–H and O–H groups in total. The number of imidazole rings is 1. The molecule has 0 aliphatic heterocycles. The van der Waals surface area contributed by atoms with Crippen molar-refractivity contribution in [3.8, 4) is 0 Å². The van der Waals surface area contributed by atoms with E-state index in [4.69, 9.17) is 0 Å². The minimum absolute atomic E-state index is 0.667. The number of pyridine rings is 1. The first-order valence-corrected chi connectivity index (χ1v) is 6.35. The Morgan fingerprint density at radius 2 is 2.11 bits per heavy atom. The lowest BCUT2D eigenvalue weighted by molar-refractivity contribution is 0.548. The maximum absolute atomic E-state index is 4.38. The number of aromatic nitrogens is 3. The van der Waals surface area contributed by atoms with Crippen LogP contribution in [-0.2, 0) is 13.1 Å². The summed E-state index contributed by atoms with van der Waals surface area (Å²) < 4.78 is 2.06. The second-order valence-electron chi connectivity index (χ2n) is 4.88. The average molecular weight is 244 g/mol. The van der Waals surface area contributed by atoms with Crippen LogP contribution in [0.3, 0.4) is 0 Å². The molecule has 0 aliphatic carbocycles. The molecule has 0 radical (unpaired) electrons. The van der Waals surface area contributed by atoms with E-state index in [9.17, 15) is 0 Å². The van der Waals surface area contributed by atoms with Crippen LogP contribution in [0.5, 0.6) is 0 Å². The van der Waals surface area contributed by atoms with E-state index in [0.29, 0.717) is 5.92 Å². The van der Waals surface area contributed by atoms with Crippen molar-refractivity contribution >= 4 is 0 Å². The Morgan fingerprint density at radius 1 is 1.22 bits per heavy atom. The van der Waals surface area contributed by atoms with E-state index in [0.717, 1.165) is 31.0 Å². The number of nitrogens with zero attached hydrogens (tertiary/aromatic N) is 3. The topological polar surface area (TPSA) is 42.7 Å². The van der Waals surface area contributed by atoms with Gasteiger partial charge < -0.3 is 9.88 Å². The molecule has 0 spiro atoms. The van der Waals surface area contributed by atoms with Crippen LogP contribution in [0, 0.1) is 5.92 Å². The van der Waals surface area contributed by atoms with Crippen molar-refractivity contribution in [2.45, 2.75) is 26.9 Å². The number of hydrogen-bond donors (Lipinski definition) is 1. The van der Waals surface area contributed by atoms with E-state index in [1.807, 2.05) is 30.7 Å². The first-order chi connectivity index (χ1) is 8.74. The minimum Gasteiger partial charge on any atom is -0.331 e. The highest BCUT2D eigenvalue weighted by Gasteiger charge is 2.00. The van der Waals surface area contributed by atoms with Crippen LogP contribution in [0.15, 0.2) is 36.9 Å². The first-order valence-electron chi connectivity index (χ1n) is 6.35. The Balaban J connectivity index is 1.86. The molecule has 0 amide bonds. The first kappa shape index (κ1) is 12.8. The fourth-order valence-electron chi connectivity index (χ4n) is 1.75. The zero-order chi connectivity index (χ0) is 12.8. The van der Waals surface area contributed by atoms with Gasteiger partial charge in [-0.05, 0) is 24.6 Å². The molecule has 2 aromatic rings. The molecule has 0 aliphatic rings. The Bertz CT molecular complexity index is 462. The van der Waals surface area contributed by atoms with Crippen molar-refractivity contribution in [1.82, 2.24) is 19.9 Å². The molecule has 0 aromatic carbocycles. The van der Waals surface area contributed by atoms with Crippen LogP contribution in [-0.4, -0.2) is 21.1 Å². The van der Waals surface area contributed by atoms with Crippen LogP contribution in [0.1, 0.15) is 25.2 Å². The third kappa shape index (κ3) is 3.96. The van der Waals surface area contributed by atoms with Gasteiger partial charge in [0.2, 0.25) is 0 Å². The third-order valence-corrected chi connectivity index (χ3v) is 2.62. The fraction of sp³-hybridized carbons (Fsp3) is 0.429. The van der Waals surface area contributed by atoms with Crippen molar-refractivity contribution in [1.29, 1.82) is 0 Å². The van der Waals surface area contributed by atoms with E-state index in [1.54, 1.807) is 0 Å². The lowest BCUT2D eigenvalue weighted by Crippen LogP contribution is -2.19. The molecule has 2 aromatic heterocycles. The molecule has 0 unspecified atom stereocenters. The summed E-state index contributed by atoms with van der Waals surface area (Å²) in [7, 11) is 0. The lowest BCUT2D eigenvalue weighted by atomic mass is 10.2. The van der Waals surface area contributed by atoms with Gasteiger partial charge in [0.1, 0.15) is 0 Å². The monoisotopic (exact) mass is 244 g/mol. The molecule has 4 heteroatoms. The van der Waals surface area contributed by atoms with Crippen molar-refractivity contribution in [3.63, 3.8) is 0 Å². The van der Waals surface area contributed by atoms with Gasteiger partial charge in [0.25, 0.3) is 0 Å². The van der Waals surface area contributed by atoms with E-state index in [-0.39, 0.29) is 0 Å². The Labute approximate surface area is 108 Å². The summed E-state index contributed by atoms with van der Waals surface area (Å²) >= 11 is 0. The van der Waals surface area contributed by atoms with Gasteiger partial charge in [-0.1, -0.05) is 19.9 Å². The highest BCUT2D eigenvalue weighted by atomic mass is 15.1. The molecule has 18 heavy (non-hydrogen) atoms. The summed E-state index contributed by atoms with van der Waals surface area (Å²) in [5.74, 6) is 0.667. The second-order valence-corrected chi connectivity index (χ2v) is 4.88. The summed E-state index contributed by atoms with van der Waals surface area (Å²) in [5, 5.41) is 3.39. The number of rotatable bonds is 6. The van der Waals surface area contributed by atoms with Crippen LogP contribution in [0.25, 0.3) is 0 Å². The largest absolute Gasteiger partial charge is 0.331 e. The minimum atomic E-state index is 0.667. The molecule has 0 fully saturated rings. The van der Waals surface area contributed by atoms with Gasteiger partial charge in [-0.2, -0.15) is 0 Å². The van der Waals surface area contributed by atoms with Crippen LogP contribution < -0.4 is 5.32 Å². The molecule has 0 saturated heterocycles. The van der Waals surface area contributed by atoms with Gasteiger partial charge in [-0.15, -0.1) is 0 Å². The SMILES string of the molecule is CC(C)CNCc1cn(Cc2ccccn2)cn1. The quantitative estimate of drug-likeness (QED) is 0.846. The standard InChI is InChI=1S/C14H20N4/c1-12(2)7-15-8-14-10-18(11-17-14)9-13-5-3-4-6-16-13/h3-6,10-12,15H,7-9H2,1-2H3. The highest BCUT2D eigenvalue weighted by Crippen LogP contribution is 2.01. The van der Waals surface area contributed by atoms with E-state index >= 15 is 0 Å². The smallest absolute Gasteiger partial charge is 0.0953 e. The highest BCUT2D eigenvalue weighted by molar-refractivity contribution is 5.05. The van der Waals surface area contributed by atoms with Crippen LogP contribution in [0.4, 0.5) is 0 Å². The third-order valence-electron chi connectivity index (χ3n) is 2.62. The summed E-state index contributed by atoms with van der Waals surface area (Å²) in [6, 6.07) is 5.96. The number of nitrogens with one attached hydrogen (secondary N) is 1. The van der Waals surface area contributed by atoms with Gasteiger partial charge >= 0.3 is 0 Å². The molecule has 4 nitrogen and oxygen atoms in total. The van der Waals surface area contributed by atoms with E-state index in [1.165, 1.54) is 0 Å². The molecular formula is C14H20N4. The summed E-state index contributed by atoms with van der Waals surface area (Å²) in [4.78, 5) is 8.69. The van der Waals surface area contributed by atoms with Crippen molar-refractivity contribution in [2.75, 3.05) is 6.54 Å². The van der Waals surface area contributed by atoms with E-state index in [2.05, 4.69) is 39.9 Å². The maximum atomic E-state index is 4.38. The Kier molecular flexibility index (Phi) is 4.47. The van der Waals surface area contributed by atoms with Crippen molar-refractivity contribution < 1.29 is 0 Å². The number of hydrogen-bond acceptors (Lipinski definition) is 3. The maximum Gasteiger partial charge on any atom is 0.0953 e. The molecule has 0 atom stereocenters. The second kappa shape index (κ2) is 6.31. The van der Waals surface area contributed by atoms with Crippen molar-refractivity contribution in [2.24, 2.45) is 5.92 Å². The fourth-order valence-corrected chi connectivity index (χ4v) is 1.75. The normalized spacial score (nSPS) is 11.1. The summed E-state index contributed by atoms with van der Waals surface area (Å²) in [6.07, 6.45) is 5.75. The molecular weight excluding hydrogens is 224 g/mol. The molecule has 0 saturated carbocycles. The predicted molar refractivity (Wildman–Crippen MR) is 72.1 cm³/mol. The Hall–Kier alpha value is -1.68. The lowest BCUT2D eigenvalue weighted by Gasteiger charge is -2.04. The van der Waals surface area contributed by atoms with Gasteiger partial charge in [-0.25, -0.2) is 4.98 Å². The average Bonchev–Trinajstić information content (AvgIpc) is 2.78. The van der Waals surface area contributed by atoms with Gasteiger partial charge in [-0.3, -0.25) is 4.98 Å². The Morgan fingerprint density at radius 3 is 2.83 bits per heavy atom. The molecule has 2 rings (SSSR count). The van der Waals surface area contributed by atoms with Gasteiger partial charge in [0.15, 0.2) is 0 Å². The molecule has 96 valence electrons.